The number of Topliss-reactive ketones (excluding diaryl/α,β-unsaturated/α-hetero) is 1. The smallest absolute Gasteiger partial charge is 0.192 e. The first-order valence-electron chi connectivity index (χ1n) is 11.3. The Morgan fingerprint density at radius 1 is 1.06 bits per heavy atom. The van der Waals surface area contributed by atoms with Crippen molar-refractivity contribution >= 4 is 14.1 Å². The van der Waals surface area contributed by atoms with Crippen molar-refractivity contribution in [1.82, 2.24) is 5.32 Å². The Morgan fingerprint density at radius 3 is 2.22 bits per heavy atom. The topological polar surface area (TPSA) is 78.8 Å². The normalized spacial score (nSPS) is 14.2. The molecule has 0 spiro atoms. The molecular formula is C26H39NO4Si. The Bertz CT molecular complexity index is 900. The third-order valence-corrected chi connectivity index (χ3v) is 10.7. The van der Waals surface area contributed by atoms with E-state index in [-0.39, 0.29) is 34.5 Å². The van der Waals surface area contributed by atoms with Crippen LogP contribution in [0.4, 0.5) is 0 Å². The van der Waals surface area contributed by atoms with Crippen molar-refractivity contribution in [2.45, 2.75) is 77.7 Å². The van der Waals surface area contributed by atoms with Crippen LogP contribution >= 0.6 is 0 Å². The van der Waals surface area contributed by atoms with Gasteiger partial charge in [0.05, 0.1) is 6.10 Å². The molecule has 0 amide bonds. The summed E-state index contributed by atoms with van der Waals surface area (Å²) < 4.78 is 6.68. The van der Waals surface area contributed by atoms with E-state index < -0.39 is 8.32 Å². The highest BCUT2D eigenvalue weighted by atomic mass is 28.4. The highest BCUT2D eigenvalue weighted by Crippen LogP contribution is 2.40. The molecule has 2 aromatic rings. The Balaban J connectivity index is 2.14. The maximum atomic E-state index is 11.4. The number of carbonyl (C=O) groups is 1. The SMILES string of the molecule is CC(=O)Cc1cccc(C[C@@H](C)NC[C@H](O[Si](C)(C)C(C)(C)C)c2cc(O)cc(O)c2)c1. The number of carbonyl (C=O) groups excluding carboxylic acids is 1. The van der Waals surface area contributed by atoms with E-state index in [1.54, 1.807) is 19.1 Å². The van der Waals surface area contributed by atoms with Gasteiger partial charge in [-0.15, -0.1) is 0 Å². The van der Waals surface area contributed by atoms with E-state index >= 15 is 0 Å². The van der Waals surface area contributed by atoms with Gasteiger partial charge in [-0.1, -0.05) is 45.0 Å². The summed E-state index contributed by atoms with van der Waals surface area (Å²) >= 11 is 0. The molecule has 2 atom stereocenters. The molecule has 32 heavy (non-hydrogen) atoms. The summed E-state index contributed by atoms with van der Waals surface area (Å²) in [5.74, 6) is 0.214. The standard InChI is InChI=1S/C26H39NO4Si/c1-18(11-20-9-8-10-21(13-20)12-19(2)28)27-17-25(31-32(6,7)26(3,4)5)22-14-23(29)16-24(30)15-22/h8-10,13-16,18,25,27,29-30H,11-12,17H2,1-7H3/t18-,25+/m1/s1. The van der Waals surface area contributed by atoms with Gasteiger partial charge >= 0.3 is 0 Å². The van der Waals surface area contributed by atoms with Crippen LogP contribution in [-0.2, 0) is 22.1 Å². The van der Waals surface area contributed by atoms with Crippen molar-refractivity contribution in [3.63, 3.8) is 0 Å². The molecule has 0 aromatic heterocycles. The molecule has 2 aromatic carbocycles. The summed E-state index contributed by atoms with van der Waals surface area (Å²) in [4.78, 5) is 11.4. The van der Waals surface area contributed by atoms with Gasteiger partial charge in [-0.2, -0.15) is 0 Å². The molecule has 0 fully saturated rings. The fourth-order valence-corrected chi connectivity index (χ4v) is 4.74. The lowest BCUT2D eigenvalue weighted by Gasteiger charge is -2.39. The van der Waals surface area contributed by atoms with Crippen molar-refractivity contribution in [3.05, 3.63) is 59.2 Å². The third-order valence-electron chi connectivity index (χ3n) is 6.18. The fourth-order valence-electron chi connectivity index (χ4n) is 3.45. The van der Waals surface area contributed by atoms with Crippen LogP contribution in [0.3, 0.4) is 0 Å². The van der Waals surface area contributed by atoms with Gasteiger partial charge in [0.15, 0.2) is 8.32 Å². The number of aromatic hydroxyl groups is 2. The number of benzene rings is 2. The zero-order valence-electron chi connectivity index (χ0n) is 20.5. The average molecular weight is 458 g/mol. The average Bonchev–Trinajstić information content (AvgIpc) is 2.63. The van der Waals surface area contributed by atoms with E-state index in [1.165, 1.54) is 11.6 Å². The third kappa shape index (κ3) is 7.76. The summed E-state index contributed by atoms with van der Waals surface area (Å²) in [6.07, 6.45) is 0.989. The summed E-state index contributed by atoms with van der Waals surface area (Å²) in [5, 5.41) is 23.6. The van der Waals surface area contributed by atoms with E-state index in [4.69, 9.17) is 4.43 Å². The van der Waals surface area contributed by atoms with Crippen LogP contribution in [-0.4, -0.2) is 36.9 Å². The van der Waals surface area contributed by atoms with E-state index in [0.29, 0.717) is 13.0 Å². The predicted molar refractivity (Wildman–Crippen MR) is 133 cm³/mol. The maximum absolute atomic E-state index is 11.4. The molecule has 0 heterocycles. The number of phenolic OH excluding ortho intramolecular Hbond substituents is 2. The van der Waals surface area contributed by atoms with Crippen molar-refractivity contribution < 1.29 is 19.4 Å². The monoisotopic (exact) mass is 457 g/mol. The molecule has 0 unspecified atom stereocenters. The predicted octanol–water partition coefficient (Wildman–Crippen LogP) is 5.51. The van der Waals surface area contributed by atoms with Crippen molar-refractivity contribution in [2.24, 2.45) is 0 Å². The lowest BCUT2D eigenvalue weighted by molar-refractivity contribution is -0.116. The quantitative estimate of drug-likeness (QED) is 0.410. The molecule has 0 radical (unpaired) electrons. The zero-order valence-corrected chi connectivity index (χ0v) is 21.5. The Hall–Kier alpha value is -2.15. The Morgan fingerprint density at radius 2 is 1.66 bits per heavy atom. The Kier molecular flexibility index (Phi) is 8.68. The van der Waals surface area contributed by atoms with E-state index in [0.717, 1.165) is 17.5 Å². The molecule has 0 aliphatic rings. The molecular weight excluding hydrogens is 418 g/mol. The number of nitrogens with one attached hydrogen (secondary N) is 1. The zero-order chi connectivity index (χ0) is 24.1. The molecule has 0 aliphatic carbocycles. The summed E-state index contributed by atoms with van der Waals surface area (Å²) in [6.45, 7) is 15.3. The van der Waals surface area contributed by atoms with Crippen LogP contribution in [0.25, 0.3) is 0 Å². The first-order valence-corrected chi connectivity index (χ1v) is 14.2. The lowest BCUT2D eigenvalue weighted by atomic mass is 10.0. The molecule has 2 rings (SSSR count). The number of ketones is 1. The number of hydrogen-bond acceptors (Lipinski definition) is 5. The van der Waals surface area contributed by atoms with Crippen molar-refractivity contribution in [2.75, 3.05) is 6.54 Å². The first kappa shape index (κ1) is 26.1. The molecule has 0 bridgehead atoms. The van der Waals surface area contributed by atoms with E-state index in [1.807, 2.05) is 12.1 Å². The first-order chi connectivity index (χ1) is 14.8. The van der Waals surface area contributed by atoms with Crippen molar-refractivity contribution in [1.29, 1.82) is 0 Å². The maximum Gasteiger partial charge on any atom is 0.192 e. The van der Waals surface area contributed by atoms with Crippen LogP contribution in [0.1, 0.15) is 57.4 Å². The Labute approximate surface area is 194 Å². The van der Waals surface area contributed by atoms with E-state index in [2.05, 4.69) is 58.2 Å². The minimum atomic E-state index is -2.09. The molecule has 0 aliphatic heterocycles. The van der Waals surface area contributed by atoms with Crippen LogP contribution < -0.4 is 5.32 Å². The van der Waals surface area contributed by atoms with Crippen LogP contribution in [0.2, 0.25) is 18.1 Å². The number of phenols is 2. The summed E-state index contributed by atoms with van der Waals surface area (Å²) in [5.41, 5.74) is 2.98. The minimum absolute atomic E-state index is 0.0270. The fraction of sp³-hybridized carbons (Fsp3) is 0.500. The molecule has 0 saturated heterocycles. The van der Waals surface area contributed by atoms with Gasteiger partial charge in [0.25, 0.3) is 0 Å². The van der Waals surface area contributed by atoms with Gasteiger partial charge in [0.2, 0.25) is 0 Å². The van der Waals surface area contributed by atoms with E-state index in [9.17, 15) is 15.0 Å². The second-order valence-corrected chi connectivity index (χ2v) is 15.1. The van der Waals surface area contributed by atoms with Gasteiger partial charge < -0.3 is 20.0 Å². The highest BCUT2D eigenvalue weighted by molar-refractivity contribution is 6.74. The highest BCUT2D eigenvalue weighted by Gasteiger charge is 2.39. The second-order valence-electron chi connectivity index (χ2n) is 10.4. The van der Waals surface area contributed by atoms with Gasteiger partial charge in [-0.25, -0.2) is 0 Å². The largest absolute Gasteiger partial charge is 0.508 e. The van der Waals surface area contributed by atoms with Gasteiger partial charge in [-0.3, -0.25) is 4.79 Å². The molecule has 6 heteroatoms. The van der Waals surface area contributed by atoms with Crippen LogP contribution in [0, 0.1) is 0 Å². The van der Waals surface area contributed by atoms with Gasteiger partial charge in [0.1, 0.15) is 17.3 Å². The number of rotatable bonds is 10. The molecule has 5 nitrogen and oxygen atoms in total. The van der Waals surface area contributed by atoms with Gasteiger partial charge in [0, 0.05) is 25.1 Å². The lowest BCUT2D eigenvalue weighted by Crippen LogP contribution is -2.44. The summed E-state index contributed by atoms with van der Waals surface area (Å²) in [7, 11) is -2.09. The van der Waals surface area contributed by atoms with Crippen LogP contribution in [0.15, 0.2) is 42.5 Å². The summed E-state index contributed by atoms with van der Waals surface area (Å²) in [6, 6.07) is 13.0. The second kappa shape index (κ2) is 10.6. The van der Waals surface area contributed by atoms with Gasteiger partial charge in [-0.05, 0) is 67.2 Å². The molecule has 0 saturated carbocycles. The van der Waals surface area contributed by atoms with Crippen LogP contribution in [0.5, 0.6) is 11.5 Å². The van der Waals surface area contributed by atoms with Crippen molar-refractivity contribution in [3.8, 4) is 11.5 Å². The molecule has 3 N–H and O–H groups in total. The number of hydrogen-bond donors (Lipinski definition) is 3. The minimum Gasteiger partial charge on any atom is -0.508 e. The molecule has 176 valence electrons.